The highest BCUT2D eigenvalue weighted by atomic mass is 14.9. The maximum Gasteiger partial charge on any atom is 0.0127 e. The van der Waals surface area contributed by atoms with Gasteiger partial charge in [0.25, 0.3) is 0 Å². The van der Waals surface area contributed by atoms with Gasteiger partial charge in [0.2, 0.25) is 0 Å². The molecule has 1 heteroatoms. The van der Waals surface area contributed by atoms with E-state index in [1.54, 1.807) is 19.3 Å². The summed E-state index contributed by atoms with van der Waals surface area (Å²) < 4.78 is 0. The van der Waals surface area contributed by atoms with Gasteiger partial charge in [0.15, 0.2) is 0 Å². The van der Waals surface area contributed by atoms with Crippen molar-refractivity contribution in [3.05, 3.63) is 0 Å². The van der Waals surface area contributed by atoms with E-state index in [0.717, 1.165) is 17.8 Å². The minimum absolute atomic E-state index is 0.309. The molecule has 4 aliphatic rings. The lowest BCUT2D eigenvalue weighted by molar-refractivity contribution is -0.140. The highest BCUT2D eigenvalue weighted by Crippen LogP contribution is 2.68. The van der Waals surface area contributed by atoms with Gasteiger partial charge >= 0.3 is 0 Å². The third kappa shape index (κ3) is 2.26. The SMILES string of the molecule is CNC(C)(C)CC12CC3CC(C1)CC(C(C)C)(C3)C2. The monoisotopic (exact) mass is 263 g/mol. The van der Waals surface area contributed by atoms with Gasteiger partial charge in [-0.2, -0.15) is 0 Å². The molecule has 0 radical (unpaired) electrons. The first-order chi connectivity index (χ1) is 8.78. The number of hydrogen-bond donors (Lipinski definition) is 1. The lowest BCUT2D eigenvalue weighted by atomic mass is 9.41. The average Bonchev–Trinajstić information content (AvgIpc) is 2.25. The first kappa shape index (κ1) is 13.9. The van der Waals surface area contributed by atoms with E-state index in [2.05, 4.69) is 40.1 Å². The summed E-state index contributed by atoms with van der Waals surface area (Å²) in [7, 11) is 2.14. The maximum atomic E-state index is 3.56. The first-order valence-electron chi connectivity index (χ1n) is 8.47. The van der Waals surface area contributed by atoms with Gasteiger partial charge in [-0.05, 0) is 94.4 Å². The zero-order valence-corrected chi connectivity index (χ0v) is 13.7. The zero-order valence-electron chi connectivity index (χ0n) is 13.7. The van der Waals surface area contributed by atoms with Crippen molar-refractivity contribution in [1.29, 1.82) is 0 Å². The van der Waals surface area contributed by atoms with Crippen LogP contribution in [0.1, 0.15) is 72.6 Å². The van der Waals surface area contributed by atoms with Gasteiger partial charge in [-0.15, -0.1) is 0 Å². The van der Waals surface area contributed by atoms with Crippen LogP contribution in [0.25, 0.3) is 0 Å². The zero-order chi connectivity index (χ0) is 13.9. The molecule has 19 heavy (non-hydrogen) atoms. The van der Waals surface area contributed by atoms with Gasteiger partial charge in [0, 0.05) is 5.54 Å². The normalized spacial score (nSPS) is 45.2. The second-order valence-corrected chi connectivity index (χ2v) is 9.29. The van der Waals surface area contributed by atoms with Gasteiger partial charge in [0.05, 0.1) is 0 Å². The minimum Gasteiger partial charge on any atom is -0.315 e. The number of rotatable bonds is 4. The second kappa shape index (κ2) is 4.23. The molecular weight excluding hydrogens is 230 g/mol. The fourth-order valence-electron chi connectivity index (χ4n) is 6.43. The lowest BCUT2D eigenvalue weighted by Gasteiger charge is -2.65. The molecule has 4 rings (SSSR count). The van der Waals surface area contributed by atoms with Gasteiger partial charge in [-0.1, -0.05) is 13.8 Å². The fourth-order valence-corrected chi connectivity index (χ4v) is 6.43. The first-order valence-corrected chi connectivity index (χ1v) is 8.47. The Labute approximate surface area is 119 Å². The molecule has 0 aliphatic heterocycles. The summed E-state index contributed by atoms with van der Waals surface area (Å²) in [5.41, 5.74) is 1.68. The molecule has 0 aromatic rings. The molecule has 0 heterocycles. The molecule has 0 saturated heterocycles. The molecular formula is C18H33N. The Morgan fingerprint density at radius 1 is 1.11 bits per heavy atom. The Hall–Kier alpha value is -0.0400. The van der Waals surface area contributed by atoms with Crippen molar-refractivity contribution >= 4 is 0 Å². The predicted octanol–water partition coefficient (Wildman–Crippen LogP) is 4.62. The van der Waals surface area contributed by atoms with Crippen molar-refractivity contribution in [2.45, 2.75) is 78.2 Å². The minimum atomic E-state index is 0.309. The van der Waals surface area contributed by atoms with Crippen molar-refractivity contribution < 1.29 is 0 Å². The topological polar surface area (TPSA) is 12.0 Å². The molecule has 4 bridgehead atoms. The molecule has 2 atom stereocenters. The van der Waals surface area contributed by atoms with Gasteiger partial charge in [-0.25, -0.2) is 0 Å². The van der Waals surface area contributed by atoms with Crippen LogP contribution in [0.4, 0.5) is 0 Å². The van der Waals surface area contributed by atoms with Crippen LogP contribution in [-0.4, -0.2) is 12.6 Å². The number of nitrogens with one attached hydrogen (secondary N) is 1. The number of hydrogen-bond acceptors (Lipinski definition) is 1. The molecule has 4 saturated carbocycles. The van der Waals surface area contributed by atoms with Crippen LogP contribution in [-0.2, 0) is 0 Å². The highest BCUT2D eigenvalue weighted by molar-refractivity contribution is 5.10. The Morgan fingerprint density at radius 3 is 2.16 bits per heavy atom. The van der Waals surface area contributed by atoms with E-state index in [9.17, 15) is 0 Å². The van der Waals surface area contributed by atoms with E-state index < -0.39 is 0 Å². The molecule has 110 valence electrons. The molecule has 0 aromatic carbocycles. The predicted molar refractivity (Wildman–Crippen MR) is 82.1 cm³/mol. The molecule has 1 N–H and O–H groups in total. The molecule has 1 nitrogen and oxygen atoms in total. The summed E-state index contributed by atoms with van der Waals surface area (Å²) in [6.07, 6.45) is 10.6. The largest absolute Gasteiger partial charge is 0.315 e. The third-order valence-electron chi connectivity index (χ3n) is 6.95. The molecule has 0 spiro atoms. The van der Waals surface area contributed by atoms with Crippen molar-refractivity contribution in [2.24, 2.45) is 28.6 Å². The van der Waals surface area contributed by atoms with Crippen molar-refractivity contribution in [3.63, 3.8) is 0 Å². The summed E-state index contributed by atoms with van der Waals surface area (Å²) in [6.45, 7) is 9.77. The van der Waals surface area contributed by atoms with Gasteiger partial charge in [0.1, 0.15) is 0 Å². The highest BCUT2D eigenvalue weighted by Gasteiger charge is 2.58. The summed E-state index contributed by atoms with van der Waals surface area (Å²) in [4.78, 5) is 0. The van der Waals surface area contributed by atoms with Crippen LogP contribution in [0.15, 0.2) is 0 Å². The van der Waals surface area contributed by atoms with Crippen molar-refractivity contribution in [1.82, 2.24) is 5.32 Å². The van der Waals surface area contributed by atoms with E-state index in [4.69, 9.17) is 0 Å². The van der Waals surface area contributed by atoms with Crippen LogP contribution in [0.3, 0.4) is 0 Å². The van der Waals surface area contributed by atoms with Crippen molar-refractivity contribution in [2.75, 3.05) is 7.05 Å². The van der Waals surface area contributed by atoms with Crippen LogP contribution in [0, 0.1) is 28.6 Å². The van der Waals surface area contributed by atoms with Crippen LogP contribution < -0.4 is 5.32 Å². The molecule has 4 fully saturated rings. The van der Waals surface area contributed by atoms with E-state index in [0.29, 0.717) is 16.4 Å². The second-order valence-electron chi connectivity index (χ2n) is 9.29. The van der Waals surface area contributed by atoms with E-state index >= 15 is 0 Å². The quantitative estimate of drug-likeness (QED) is 0.780. The molecule has 2 unspecified atom stereocenters. The third-order valence-corrected chi connectivity index (χ3v) is 6.95. The summed E-state index contributed by atoms with van der Waals surface area (Å²) in [6, 6.07) is 0. The van der Waals surface area contributed by atoms with E-state index in [1.165, 1.54) is 25.7 Å². The standard InChI is InChI=1S/C18H33N/c1-13(2)18-9-14-6-15(10-18)8-17(7-14,12-18)11-16(3,4)19-5/h13-15,19H,6-12H2,1-5H3. The van der Waals surface area contributed by atoms with Gasteiger partial charge < -0.3 is 5.32 Å². The Kier molecular flexibility index (Phi) is 3.10. The Balaban J connectivity index is 1.87. The van der Waals surface area contributed by atoms with Crippen molar-refractivity contribution in [3.8, 4) is 0 Å². The fraction of sp³-hybridized carbons (Fsp3) is 1.00. The maximum absolute atomic E-state index is 3.56. The Morgan fingerprint density at radius 2 is 1.68 bits per heavy atom. The summed E-state index contributed by atoms with van der Waals surface area (Å²) >= 11 is 0. The molecule has 4 aliphatic carbocycles. The summed E-state index contributed by atoms with van der Waals surface area (Å²) in [5.74, 6) is 2.99. The van der Waals surface area contributed by atoms with Crippen LogP contribution in [0.2, 0.25) is 0 Å². The van der Waals surface area contributed by atoms with Crippen LogP contribution in [0.5, 0.6) is 0 Å². The van der Waals surface area contributed by atoms with Crippen LogP contribution >= 0.6 is 0 Å². The molecule has 0 amide bonds. The van der Waals surface area contributed by atoms with Gasteiger partial charge in [-0.3, -0.25) is 0 Å². The lowest BCUT2D eigenvalue weighted by Crippen LogP contribution is -2.56. The summed E-state index contributed by atoms with van der Waals surface area (Å²) in [5, 5.41) is 3.56. The van der Waals surface area contributed by atoms with E-state index in [1.807, 2.05) is 0 Å². The smallest absolute Gasteiger partial charge is 0.0127 e. The molecule has 0 aromatic heterocycles. The average molecular weight is 263 g/mol. The Bertz CT molecular complexity index is 341. The van der Waals surface area contributed by atoms with E-state index in [-0.39, 0.29) is 0 Å².